The van der Waals surface area contributed by atoms with Crippen LogP contribution in [0.1, 0.15) is 18.4 Å². The lowest BCUT2D eigenvalue weighted by molar-refractivity contribution is -0.150. The highest BCUT2D eigenvalue weighted by molar-refractivity contribution is 8.03. The predicted octanol–water partition coefficient (Wildman–Crippen LogP) is 2.72. The smallest absolute Gasteiger partial charge is 0.319 e. The van der Waals surface area contributed by atoms with E-state index >= 15 is 0 Å². The second kappa shape index (κ2) is 11.8. The third-order valence-corrected chi connectivity index (χ3v) is 6.92. The largest absolute Gasteiger partial charge is 0.491 e. The number of rotatable bonds is 7. The number of carbonyl (C=O) groups excluding carboxylic acids is 3. The van der Waals surface area contributed by atoms with Gasteiger partial charge in [0.1, 0.15) is 5.92 Å². The molecule has 2 aliphatic rings. The predicted molar refractivity (Wildman–Crippen MR) is 127 cm³/mol. The number of methoxy groups -OCH3 is 1. The second-order valence-corrected chi connectivity index (χ2v) is 9.15. The van der Waals surface area contributed by atoms with Crippen molar-refractivity contribution in [2.45, 2.75) is 12.8 Å². The molecule has 9 nitrogen and oxygen atoms in total. The van der Waals surface area contributed by atoms with E-state index in [1.165, 1.54) is 12.1 Å². The van der Waals surface area contributed by atoms with E-state index in [0.29, 0.717) is 38.5 Å². The Morgan fingerprint density at radius 3 is 2.50 bits per heavy atom. The highest BCUT2D eigenvalue weighted by Crippen LogP contribution is 2.44. The first-order valence-corrected chi connectivity index (χ1v) is 12.2. The van der Waals surface area contributed by atoms with Gasteiger partial charge in [-0.3, -0.25) is 14.4 Å². The van der Waals surface area contributed by atoms with E-state index in [0.717, 1.165) is 18.9 Å². The zero-order chi connectivity index (χ0) is 24.8. The van der Waals surface area contributed by atoms with Crippen LogP contribution in [0.2, 0.25) is 10.0 Å². The van der Waals surface area contributed by atoms with E-state index in [1.54, 1.807) is 11.8 Å². The number of carbonyl (C=O) groups is 3. The molecule has 12 heteroatoms. The first kappa shape index (κ1) is 26.2. The number of ether oxygens (including phenoxy) is 3. The molecule has 1 saturated heterocycles. The second-order valence-electron chi connectivity index (χ2n) is 7.35. The minimum Gasteiger partial charge on any atom is -0.491 e. The third kappa shape index (κ3) is 5.61. The molecule has 0 aliphatic carbocycles. The standard InChI is InChI=1S/C22H23Cl2N3O6S/c1-3-33-19-14(23)8-12(9-15(19)24)17-13(10-25)21(26-20(29)18(17)22(30)31-2)34-11-16(28)27-4-6-32-7-5-27/h8-9,17-18H,3-7,11H2,1-2H3,(H,26,29)/t17-,18-/m0/s1. The van der Waals surface area contributed by atoms with Crippen LogP contribution in [0.15, 0.2) is 22.7 Å². The summed E-state index contributed by atoms with van der Waals surface area (Å²) in [7, 11) is 1.16. The summed E-state index contributed by atoms with van der Waals surface area (Å²) in [5.41, 5.74) is 0.476. The highest BCUT2D eigenvalue weighted by Gasteiger charge is 2.45. The van der Waals surface area contributed by atoms with Crippen molar-refractivity contribution in [3.63, 3.8) is 0 Å². The van der Waals surface area contributed by atoms with E-state index in [4.69, 9.17) is 37.4 Å². The number of halogens is 2. The minimum absolute atomic E-state index is 0.00118. The molecule has 34 heavy (non-hydrogen) atoms. The Morgan fingerprint density at radius 2 is 1.94 bits per heavy atom. The number of amides is 2. The lowest BCUT2D eigenvalue weighted by Gasteiger charge is -2.31. The lowest BCUT2D eigenvalue weighted by Crippen LogP contribution is -2.45. The fraction of sp³-hybridized carbons (Fsp3) is 0.455. The summed E-state index contributed by atoms with van der Waals surface area (Å²) in [6, 6.07) is 5.11. The number of thioether (sulfide) groups is 1. The van der Waals surface area contributed by atoms with Crippen molar-refractivity contribution in [3.05, 3.63) is 38.3 Å². The molecule has 3 rings (SSSR count). The number of hydrogen-bond acceptors (Lipinski definition) is 8. The highest BCUT2D eigenvalue weighted by atomic mass is 35.5. The molecule has 2 atom stereocenters. The monoisotopic (exact) mass is 527 g/mol. The molecular formula is C22H23Cl2N3O6S. The van der Waals surface area contributed by atoms with E-state index < -0.39 is 23.7 Å². The van der Waals surface area contributed by atoms with E-state index in [1.807, 2.05) is 0 Å². The van der Waals surface area contributed by atoms with Crippen molar-refractivity contribution in [2.24, 2.45) is 5.92 Å². The summed E-state index contributed by atoms with van der Waals surface area (Å²) in [6.45, 7) is 3.98. The van der Waals surface area contributed by atoms with Crippen LogP contribution < -0.4 is 10.1 Å². The van der Waals surface area contributed by atoms with Gasteiger partial charge in [0.15, 0.2) is 5.75 Å². The summed E-state index contributed by atoms with van der Waals surface area (Å²) < 4.78 is 15.6. The lowest BCUT2D eigenvalue weighted by atomic mass is 9.78. The average molecular weight is 528 g/mol. The number of hydrogen-bond donors (Lipinski definition) is 1. The first-order valence-electron chi connectivity index (χ1n) is 10.4. The molecule has 1 aromatic rings. The molecule has 2 heterocycles. The van der Waals surface area contributed by atoms with Gasteiger partial charge >= 0.3 is 5.97 Å². The molecule has 0 radical (unpaired) electrons. The van der Waals surface area contributed by atoms with Crippen LogP contribution in [0, 0.1) is 17.2 Å². The molecule has 0 spiro atoms. The van der Waals surface area contributed by atoms with Gasteiger partial charge in [0, 0.05) is 19.0 Å². The van der Waals surface area contributed by atoms with Crippen LogP contribution in [-0.4, -0.2) is 68.5 Å². The number of nitrogens with zero attached hydrogens (tertiary/aromatic N) is 2. The van der Waals surface area contributed by atoms with Crippen molar-refractivity contribution in [2.75, 3.05) is 45.8 Å². The summed E-state index contributed by atoms with van der Waals surface area (Å²) in [5, 5.41) is 13.2. The van der Waals surface area contributed by atoms with Crippen molar-refractivity contribution in [3.8, 4) is 11.8 Å². The number of allylic oxidation sites excluding steroid dienone is 1. The molecule has 0 aromatic heterocycles. The fourth-order valence-corrected chi connectivity index (χ4v) is 5.32. The third-order valence-electron chi connectivity index (χ3n) is 5.36. The maximum atomic E-state index is 13.0. The van der Waals surface area contributed by atoms with E-state index in [9.17, 15) is 19.6 Å². The molecule has 0 bridgehead atoms. The first-order chi connectivity index (χ1) is 16.3. The quantitative estimate of drug-likeness (QED) is 0.424. The summed E-state index contributed by atoms with van der Waals surface area (Å²) >= 11 is 13.7. The van der Waals surface area contributed by atoms with Gasteiger partial charge in [-0.2, -0.15) is 5.26 Å². The average Bonchev–Trinajstić information content (AvgIpc) is 2.84. The Bertz CT molecular complexity index is 1030. The summed E-state index contributed by atoms with van der Waals surface area (Å²) in [4.78, 5) is 39.8. The van der Waals surface area contributed by atoms with Crippen LogP contribution in [0.4, 0.5) is 0 Å². The van der Waals surface area contributed by atoms with Gasteiger partial charge in [-0.05, 0) is 24.6 Å². The molecule has 0 saturated carbocycles. The maximum Gasteiger partial charge on any atom is 0.319 e. The summed E-state index contributed by atoms with van der Waals surface area (Å²) in [5.74, 6) is -3.71. The Balaban J connectivity index is 2.00. The van der Waals surface area contributed by atoms with Crippen molar-refractivity contribution < 1.29 is 28.6 Å². The van der Waals surface area contributed by atoms with Gasteiger partial charge in [0.05, 0.1) is 59.4 Å². The molecule has 1 N–H and O–H groups in total. The van der Waals surface area contributed by atoms with Crippen LogP contribution in [-0.2, 0) is 23.9 Å². The van der Waals surface area contributed by atoms with Crippen LogP contribution in [0.25, 0.3) is 0 Å². The normalized spacial score (nSPS) is 20.4. The van der Waals surface area contributed by atoms with Crippen molar-refractivity contribution >= 4 is 52.7 Å². The van der Waals surface area contributed by atoms with Crippen LogP contribution in [0.3, 0.4) is 0 Å². The van der Waals surface area contributed by atoms with Crippen molar-refractivity contribution in [1.82, 2.24) is 10.2 Å². The Hall–Kier alpha value is -2.45. The molecule has 2 amide bonds. The number of benzene rings is 1. The van der Waals surface area contributed by atoms with Gasteiger partial charge < -0.3 is 24.4 Å². The molecule has 182 valence electrons. The van der Waals surface area contributed by atoms with Gasteiger partial charge in [0.2, 0.25) is 11.8 Å². The van der Waals surface area contributed by atoms with E-state index in [-0.39, 0.29) is 38.1 Å². The van der Waals surface area contributed by atoms with Crippen molar-refractivity contribution in [1.29, 1.82) is 5.26 Å². The Kier molecular flexibility index (Phi) is 9.08. The summed E-state index contributed by atoms with van der Waals surface area (Å²) in [6.07, 6.45) is 0. The zero-order valence-electron chi connectivity index (χ0n) is 18.6. The molecule has 1 fully saturated rings. The molecule has 1 aromatic carbocycles. The number of morpholine rings is 1. The molecule has 0 unspecified atom stereocenters. The fourth-order valence-electron chi connectivity index (χ4n) is 3.76. The number of esters is 1. The minimum atomic E-state index is -1.34. The number of nitrogens with one attached hydrogen (secondary N) is 1. The Morgan fingerprint density at radius 1 is 1.29 bits per heavy atom. The van der Waals surface area contributed by atoms with Crippen LogP contribution >= 0.6 is 35.0 Å². The Labute approximate surface area is 211 Å². The van der Waals surface area contributed by atoms with Gasteiger partial charge in [-0.25, -0.2) is 0 Å². The van der Waals surface area contributed by atoms with Crippen LogP contribution in [0.5, 0.6) is 5.75 Å². The zero-order valence-corrected chi connectivity index (χ0v) is 20.9. The van der Waals surface area contributed by atoms with E-state index in [2.05, 4.69) is 11.4 Å². The SMILES string of the molecule is CCOc1c(Cl)cc([C@H]2C(C#N)=C(SCC(=O)N3CCOCC3)NC(=O)[C@H]2C(=O)OC)cc1Cl. The molecular weight excluding hydrogens is 505 g/mol. The topological polar surface area (TPSA) is 118 Å². The molecule has 2 aliphatic heterocycles. The maximum absolute atomic E-state index is 13.0. The van der Waals surface area contributed by atoms with Gasteiger partial charge in [0.25, 0.3) is 0 Å². The van der Waals surface area contributed by atoms with Gasteiger partial charge in [-0.1, -0.05) is 35.0 Å². The van der Waals surface area contributed by atoms with Gasteiger partial charge in [-0.15, -0.1) is 0 Å². The number of nitriles is 1.